The van der Waals surface area contributed by atoms with Gasteiger partial charge in [-0.3, -0.25) is 4.90 Å². The van der Waals surface area contributed by atoms with E-state index in [0.717, 1.165) is 35.1 Å². The SMILES string of the molecule is Brc1ccc([C@H](c2nnc(-c3ccccc3)o2)N2CC=C(c3ccccc3)CC2)cc1. The third-order valence-corrected chi connectivity index (χ3v) is 6.16. The van der Waals surface area contributed by atoms with Crippen LogP contribution in [0.2, 0.25) is 0 Å². The first-order valence-corrected chi connectivity index (χ1v) is 11.2. The lowest BCUT2D eigenvalue weighted by molar-refractivity contribution is 0.218. The fraction of sp³-hybridized carbons (Fsp3) is 0.154. The van der Waals surface area contributed by atoms with Crippen molar-refractivity contribution >= 4 is 21.5 Å². The van der Waals surface area contributed by atoms with Crippen LogP contribution in [0, 0.1) is 0 Å². The van der Waals surface area contributed by atoms with Crippen LogP contribution in [0.25, 0.3) is 17.0 Å². The maximum absolute atomic E-state index is 6.18. The summed E-state index contributed by atoms with van der Waals surface area (Å²) < 4.78 is 7.24. The third kappa shape index (κ3) is 4.38. The molecule has 0 N–H and O–H groups in total. The van der Waals surface area contributed by atoms with Gasteiger partial charge in [0.05, 0.1) is 0 Å². The number of hydrogen-bond acceptors (Lipinski definition) is 4. The summed E-state index contributed by atoms with van der Waals surface area (Å²) in [5, 5.41) is 8.79. The van der Waals surface area contributed by atoms with Crippen LogP contribution < -0.4 is 0 Å². The fourth-order valence-electron chi connectivity index (χ4n) is 4.03. The maximum atomic E-state index is 6.18. The van der Waals surface area contributed by atoms with Crippen molar-refractivity contribution < 1.29 is 4.42 Å². The molecule has 1 aliphatic heterocycles. The van der Waals surface area contributed by atoms with Gasteiger partial charge in [0.15, 0.2) is 0 Å². The Labute approximate surface area is 190 Å². The van der Waals surface area contributed by atoms with Gasteiger partial charge in [0.2, 0.25) is 11.8 Å². The molecule has 0 aliphatic carbocycles. The Hall–Kier alpha value is -3.02. The number of hydrogen-bond donors (Lipinski definition) is 0. The molecule has 1 aliphatic rings. The number of nitrogens with zero attached hydrogens (tertiary/aromatic N) is 3. The molecule has 3 aromatic carbocycles. The van der Waals surface area contributed by atoms with Crippen LogP contribution in [-0.2, 0) is 0 Å². The van der Waals surface area contributed by atoms with Gasteiger partial charge in [-0.2, -0.15) is 0 Å². The van der Waals surface area contributed by atoms with Crippen LogP contribution >= 0.6 is 15.9 Å². The van der Waals surface area contributed by atoms with Crippen LogP contribution in [0.3, 0.4) is 0 Å². The lowest BCUT2D eigenvalue weighted by atomic mass is 9.97. The van der Waals surface area contributed by atoms with Crippen LogP contribution in [-0.4, -0.2) is 28.2 Å². The molecule has 31 heavy (non-hydrogen) atoms. The van der Waals surface area contributed by atoms with E-state index in [-0.39, 0.29) is 6.04 Å². The molecule has 1 aromatic heterocycles. The Bertz CT molecular complexity index is 1170. The average molecular weight is 472 g/mol. The van der Waals surface area contributed by atoms with E-state index in [1.807, 2.05) is 30.3 Å². The highest BCUT2D eigenvalue weighted by Crippen LogP contribution is 2.34. The lowest BCUT2D eigenvalue weighted by Crippen LogP contribution is -2.33. The first-order valence-electron chi connectivity index (χ1n) is 10.4. The van der Waals surface area contributed by atoms with Crippen molar-refractivity contribution in [3.63, 3.8) is 0 Å². The topological polar surface area (TPSA) is 42.2 Å². The molecule has 5 heteroatoms. The normalized spacial score (nSPS) is 15.5. The van der Waals surface area contributed by atoms with E-state index in [9.17, 15) is 0 Å². The van der Waals surface area contributed by atoms with Crippen molar-refractivity contribution in [2.45, 2.75) is 12.5 Å². The van der Waals surface area contributed by atoms with E-state index in [2.05, 4.69) is 91.7 Å². The van der Waals surface area contributed by atoms with Crippen molar-refractivity contribution in [3.8, 4) is 11.5 Å². The monoisotopic (exact) mass is 471 g/mol. The van der Waals surface area contributed by atoms with Crippen LogP contribution in [0.1, 0.15) is 29.5 Å². The summed E-state index contributed by atoms with van der Waals surface area (Å²) in [7, 11) is 0. The predicted octanol–water partition coefficient (Wildman–Crippen LogP) is 6.38. The number of benzene rings is 3. The smallest absolute Gasteiger partial charge is 0.247 e. The zero-order valence-corrected chi connectivity index (χ0v) is 18.6. The van der Waals surface area contributed by atoms with Gasteiger partial charge in [0.1, 0.15) is 6.04 Å². The zero-order chi connectivity index (χ0) is 21.0. The molecule has 0 bridgehead atoms. The largest absolute Gasteiger partial charge is 0.419 e. The van der Waals surface area contributed by atoms with Gasteiger partial charge in [0, 0.05) is 23.1 Å². The highest BCUT2D eigenvalue weighted by molar-refractivity contribution is 9.10. The second-order valence-corrected chi connectivity index (χ2v) is 8.52. The molecular formula is C26H22BrN3O. The number of aromatic nitrogens is 2. The van der Waals surface area contributed by atoms with E-state index in [1.54, 1.807) is 0 Å². The van der Waals surface area contributed by atoms with Gasteiger partial charge >= 0.3 is 0 Å². The van der Waals surface area contributed by atoms with Crippen molar-refractivity contribution in [2.24, 2.45) is 0 Å². The molecule has 0 amide bonds. The first-order chi connectivity index (χ1) is 15.3. The van der Waals surface area contributed by atoms with E-state index in [0.29, 0.717) is 11.8 Å². The zero-order valence-electron chi connectivity index (χ0n) is 17.0. The summed E-state index contributed by atoms with van der Waals surface area (Å²) in [6.45, 7) is 1.75. The Kier molecular flexibility index (Phi) is 5.78. The Morgan fingerprint density at radius 3 is 2.13 bits per heavy atom. The van der Waals surface area contributed by atoms with Crippen molar-refractivity contribution in [1.29, 1.82) is 0 Å². The summed E-state index contributed by atoms with van der Waals surface area (Å²) in [4.78, 5) is 2.40. The maximum Gasteiger partial charge on any atom is 0.247 e. The molecule has 0 saturated carbocycles. The van der Waals surface area contributed by atoms with Crippen LogP contribution in [0.4, 0.5) is 0 Å². The second kappa shape index (κ2) is 9.00. The fourth-order valence-corrected chi connectivity index (χ4v) is 4.30. The molecular weight excluding hydrogens is 450 g/mol. The summed E-state index contributed by atoms with van der Waals surface area (Å²) in [6, 6.07) is 28.8. The van der Waals surface area contributed by atoms with Gasteiger partial charge in [-0.1, -0.05) is 82.7 Å². The van der Waals surface area contributed by atoms with E-state index < -0.39 is 0 Å². The predicted molar refractivity (Wildman–Crippen MR) is 126 cm³/mol. The first kappa shape index (κ1) is 19.9. The number of halogens is 1. The molecule has 0 saturated heterocycles. The molecule has 5 rings (SSSR count). The molecule has 154 valence electrons. The molecule has 0 fully saturated rings. The lowest BCUT2D eigenvalue weighted by Gasteiger charge is -2.32. The van der Waals surface area contributed by atoms with Gasteiger partial charge in [0.25, 0.3) is 0 Å². The van der Waals surface area contributed by atoms with Gasteiger partial charge < -0.3 is 4.42 Å². The highest BCUT2D eigenvalue weighted by Gasteiger charge is 2.29. The summed E-state index contributed by atoms with van der Waals surface area (Å²) >= 11 is 3.54. The Morgan fingerprint density at radius 1 is 0.806 bits per heavy atom. The second-order valence-electron chi connectivity index (χ2n) is 7.61. The molecule has 1 atom stereocenters. The van der Waals surface area contributed by atoms with E-state index in [1.165, 1.54) is 11.1 Å². The molecule has 0 radical (unpaired) electrons. The quantitative estimate of drug-likeness (QED) is 0.338. The molecule has 4 nitrogen and oxygen atoms in total. The van der Waals surface area contributed by atoms with Gasteiger partial charge in [-0.25, -0.2) is 0 Å². The van der Waals surface area contributed by atoms with Crippen LogP contribution in [0.15, 0.2) is 99.9 Å². The molecule has 4 aromatic rings. The van der Waals surface area contributed by atoms with E-state index in [4.69, 9.17) is 4.42 Å². The Balaban J connectivity index is 1.47. The molecule has 2 heterocycles. The van der Waals surface area contributed by atoms with Crippen LogP contribution in [0.5, 0.6) is 0 Å². The van der Waals surface area contributed by atoms with Crippen molar-refractivity contribution in [2.75, 3.05) is 13.1 Å². The highest BCUT2D eigenvalue weighted by atomic mass is 79.9. The average Bonchev–Trinajstić information content (AvgIpc) is 3.32. The summed E-state index contributed by atoms with van der Waals surface area (Å²) in [5.41, 5.74) is 4.76. The third-order valence-electron chi connectivity index (χ3n) is 5.63. The Morgan fingerprint density at radius 2 is 1.48 bits per heavy atom. The van der Waals surface area contributed by atoms with Crippen molar-refractivity contribution in [3.05, 3.63) is 112 Å². The van der Waals surface area contributed by atoms with E-state index >= 15 is 0 Å². The standard InChI is InChI=1S/C26H22BrN3O/c27-23-13-11-21(12-14-23)24(26-29-28-25(31-26)22-9-5-2-6-10-22)30-17-15-20(16-18-30)19-7-3-1-4-8-19/h1-15,24H,16-18H2/t24-/m1/s1. The summed E-state index contributed by atoms with van der Waals surface area (Å²) in [6.07, 6.45) is 3.30. The molecule has 0 unspecified atom stereocenters. The minimum Gasteiger partial charge on any atom is -0.419 e. The van der Waals surface area contributed by atoms with Gasteiger partial charge in [-0.15, -0.1) is 10.2 Å². The summed E-state index contributed by atoms with van der Waals surface area (Å²) in [5.74, 6) is 1.17. The van der Waals surface area contributed by atoms with Gasteiger partial charge in [-0.05, 0) is 47.4 Å². The minimum atomic E-state index is -0.0911. The van der Waals surface area contributed by atoms with Crippen molar-refractivity contribution in [1.82, 2.24) is 15.1 Å². The minimum absolute atomic E-state index is 0.0911. The number of rotatable bonds is 5. The molecule has 0 spiro atoms.